The van der Waals surface area contributed by atoms with Crippen LogP contribution < -0.4 is 4.74 Å². The minimum Gasteiger partial charge on any atom is -0.497 e. The summed E-state index contributed by atoms with van der Waals surface area (Å²) in [6.45, 7) is 4.76. The van der Waals surface area contributed by atoms with E-state index in [4.69, 9.17) is 9.84 Å². The highest BCUT2D eigenvalue weighted by Crippen LogP contribution is 2.25. The van der Waals surface area contributed by atoms with E-state index < -0.39 is 5.97 Å². The zero-order valence-electron chi connectivity index (χ0n) is 12.2. The molecular weight excluding hydrogens is 254 g/mol. The molecule has 1 N–H and O–H groups in total. The molecule has 2 atom stereocenters. The Balaban J connectivity index is 1.85. The Labute approximate surface area is 120 Å². The van der Waals surface area contributed by atoms with Gasteiger partial charge < -0.3 is 9.84 Å². The Bertz CT molecular complexity index is 461. The molecule has 1 aliphatic heterocycles. The third-order valence-electron chi connectivity index (χ3n) is 4.02. The second kappa shape index (κ2) is 6.75. The molecule has 0 aliphatic carbocycles. The quantitative estimate of drug-likeness (QED) is 0.868. The van der Waals surface area contributed by atoms with Crippen LogP contribution in [0.15, 0.2) is 24.3 Å². The summed E-state index contributed by atoms with van der Waals surface area (Å²) in [7, 11) is 1.68. The van der Waals surface area contributed by atoms with Crippen molar-refractivity contribution < 1.29 is 14.6 Å². The molecular formula is C16H23NO3. The van der Waals surface area contributed by atoms with Crippen LogP contribution in [0.1, 0.15) is 25.3 Å². The van der Waals surface area contributed by atoms with Gasteiger partial charge in [0.05, 0.1) is 13.0 Å². The molecule has 1 aromatic rings. The third kappa shape index (κ3) is 3.97. The number of carboxylic acids is 1. The topological polar surface area (TPSA) is 49.8 Å². The normalized spacial score (nSPS) is 20.8. The maximum absolute atomic E-state index is 10.9. The van der Waals surface area contributed by atoms with E-state index in [1.165, 1.54) is 5.56 Å². The maximum atomic E-state index is 10.9. The number of likely N-dealkylation sites (tertiary alicyclic amines) is 1. The van der Waals surface area contributed by atoms with Crippen LogP contribution in [0, 0.1) is 11.8 Å². The predicted molar refractivity (Wildman–Crippen MR) is 77.8 cm³/mol. The standard InChI is InChI=1S/C16H23NO3/c1-12(16(18)19)8-14-6-7-17(11-14)10-13-4-3-5-15(9-13)20-2/h3-5,9,12,14H,6-8,10-11H2,1-2H3,(H,18,19). The van der Waals surface area contributed by atoms with Crippen LogP contribution in [0.4, 0.5) is 0 Å². The number of hydrogen-bond donors (Lipinski definition) is 1. The smallest absolute Gasteiger partial charge is 0.306 e. The zero-order valence-corrected chi connectivity index (χ0v) is 12.2. The fourth-order valence-electron chi connectivity index (χ4n) is 2.88. The monoisotopic (exact) mass is 277 g/mol. The van der Waals surface area contributed by atoms with Crippen LogP contribution in [0.3, 0.4) is 0 Å². The minimum atomic E-state index is -0.684. The number of aliphatic carboxylic acids is 1. The van der Waals surface area contributed by atoms with Gasteiger partial charge >= 0.3 is 5.97 Å². The van der Waals surface area contributed by atoms with Crippen molar-refractivity contribution in [1.82, 2.24) is 4.90 Å². The third-order valence-corrected chi connectivity index (χ3v) is 4.02. The summed E-state index contributed by atoms with van der Waals surface area (Å²) in [4.78, 5) is 13.3. The van der Waals surface area contributed by atoms with Gasteiger partial charge in [-0.2, -0.15) is 0 Å². The largest absolute Gasteiger partial charge is 0.497 e. The van der Waals surface area contributed by atoms with Gasteiger partial charge in [-0.25, -0.2) is 0 Å². The predicted octanol–water partition coefficient (Wildman–Crippen LogP) is 2.63. The molecule has 1 aromatic carbocycles. The molecule has 1 saturated heterocycles. The van der Waals surface area contributed by atoms with Crippen LogP contribution in [-0.4, -0.2) is 36.2 Å². The number of carbonyl (C=O) groups is 1. The Kier molecular flexibility index (Phi) is 5.01. The first-order valence-corrected chi connectivity index (χ1v) is 7.16. The van der Waals surface area contributed by atoms with Gasteiger partial charge in [0.1, 0.15) is 5.75 Å². The highest BCUT2D eigenvalue weighted by molar-refractivity contribution is 5.69. The second-order valence-electron chi connectivity index (χ2n) is 5.72. The first-order valence-electron chi connectivity index (χ1n) is 7.16. The number of rotatable bonds is 6. The number of ether oxygens (including phenoxy) is 1. The van der Waals surface area contributed by atoms with Crippen LogP contribution in [-0.2, 0) is 11.3 Å². The lowest BCUT2D eigenvalue weighted by atomic mass is 9.95. The van der Waals surface area contributed by atoms with E-state index in [0.29, 0.717) is 5.92 Å². The molecule has 0 radical (unpaired) electrons. The van der Waals surface area contributed by atoms with Crippen molar-refractivity contribution in [2.24, 2.45) is 11.8 Å². The summed E-state index contributed by atoms with van der Waals surface area (Å²) in [5.74, 6) is 0.470. The number of benzene rings is 1. The van der Waals surface area contributed by atoms with Crippen molar-refractivity contribution in [3.05, 3.63) is 29.8 Å². The van der Waals surface area contributed by atoms with Gasteiger partial charge in [0, 0.05) is 13.1 Å². The lowest BCUT2D eigenvalue weighted by molar-refractivity contribution is -0.141. The van der Waals surface area contributed by atoms with E-state index in [-0.39, 0.29) is 5.92 Å². The van der Waals surface area contributed by atoms with Crippen molar-refractivity contribution in [2.75, 3.05) is 20.2 Å². The molecule has 20 heavy (non-hydrogen) atoms. The van der Waals surface area contributed by atoms with Crippen LogP contribution in [0.5, 0.6) is 5.75 Å². The number of methoxy groups -OCH3 is 1. The molecule has 1 aliphatic rings. The summed E-state index contributed by atoms with van der Waals surface area (Å²) >= 11 is 0. The molecule has 110 valence electrons. The highest BCUT2D eigenvalue weighted by atomic mass is 16.5. The molecule has 0 amide bonds. The SMILES string of the molecule is COc1cccc(CN2CCC(CC(C)C(=O)O)C2)c1. The van der Waals surface area contributed by atoms with Gasteiger partial charge in [-0.3, -0.25) is 9.69 Å². The van der Waals surface area contributed by atoms with E-state index in [1.54, 1.807) is 14.0 Å². The van der Waals surface area contributed by atoms with E-state index in [9.17, 15) is 4.79 Å². The van der Waals surface area contributed by atoms with Gasteiger partial charge in [-0.15, -0.1) is 0 Å². The Morgan fingerprint density at radius 3 is 3.05 bits per heavy atom. The van der Waals surface area contributed by atoms with Gasteiger partial charge in [-0.1, -0.05) is 19.1 Å². The molecule has 1 fully saturated rings. The van der Waals surface area contributed by atoms with Crippen molar-refractivity contribution in [3.63, 3.8) is 0 Å². The first kappa shape index (κ1) is 14.9. The maximum Gasteiger partial charge on any atom is 0.306 e. The Morgan fingerprint density at radius 2 is 2.35 bits per heavy atom. The van der Waals surface area contributed by atoms with Crippen molar-refractivity contribution >= 4 is 5.97 Å². The van der Waals surface area contributed by atoms with Crippen molar-refractivity contribution in [3.8, 4) is 5.75 Å². The van der Waals surface area contributed by atoms with Gasteiger partial charge in [0.15, 0.2) is 0 Å². The minimum absolute atomic E-state index is 0.239. The Hall–Kier alpha value is -1.55. The van der Waals surface area contributed by atoms with Gasteiger partial charge in [0.25, 0.3) is 0 Å². The summed E-state index contributed by atoms with van der Waals surface area (Å²) in [6, 6.07) is 8.13. The average Bonchev–Trinajstić information content (AvgIpc) is 2.86. The molecule has 4 nitrogen and oxygen atoms in total. The van der Waals surface area contributed by atoms with Gasteiger partial charge in [-0.05, 0) is 43.0 Å². The van der Waals surface area contributed by atoms with Gasteiger partial charge in [0.2, 0.25) is 0 Å². The fraction of sp³-hybridized carbons (Fsp3) is 0.562. The second-order valence-corrected chi connectivity index (χ2v) is 5.72. The molecule has 1 heterocycles. The first-order chi connectivity index (χ1) is 9.58. The molecule has 0 saturated carbocycles. The van der Waals surface area contributed by atoms with E-state index >= 15 is 0 Å². The van der Waals surface area contributed by atoms with Crippen molar-refractivity contribution in [2.45, 2.75) is 26.3 Å². The summed E-state index contributed by atoms with van der Waals surface area (Å²) in [6.07, 6.45) is 1.88. The summed E-state index contributed by atoms with van der Waals surface area (Å²) in [5.41, 5.74) is 1.25. The molecule has 4 heteroatoms. The zero-order chi connectivity index (χ0) is 14.5. The van der Waals surface area contributed by atoms with E-state index in [2.05, 4.69) is 17.0 Å². The molecule has 0 bridgehead atoms. The Morgan fingerprint density at radius 1 is 1.55 bits per heavy atom. The lowest BCUT2D eigenvalue weighted by Crippen LogP contribution is -2.21. The summed E-state index contributed by atoms with van der Waals surface area (Å²) in [5, 5.41) is 8.97. The molecule has 0 aromatic heterocycles. The van der Waals surface area contributed by atoms with Crippen molar-refractivity contribution in [1.29, 1.82) is 0 Å². The van der Waals surface area contributed by atoms with Crippen LogP contribution in [0.2, 0.25) is 0 Å². The molecule has 2 rings (SSSR count). The lowest BCUT2D eigenvalue weighted by Gasteiger charge is -2.17. The highest BCUT2D eigenvalue weighted by Gasteiger charge is 2.26. The van der Waals surface area contributed by atoms with Crippen LogP contribution >= 0.6 is 0 Å². The summed E-state index contributed by atoms with van der Waals surface area (Å²) < 4.78 is 5.24. The number of hydrogen-bond acceptors (Lipinski definition) is 3. The fourth-order valence-corrected chi connectivity index (χ4v) is 2.88. The number of nitrogens with zero attached hydrogens (tertiary/aromatic N) is 1. The van der Waals surface area contributed by atoms with Crippen LogP contribution in [0.25, 0.3) is 0 Å². The molecule has 2 unspecified atom stereocenters. The average molecular weight is 277 g/mol. The molecule has 0 spiro atoms. The van der Waals surface area contributed by atoms with E-state index in [0.717, 1.165) is 38.2 Å². The van der Waals surface area contributed by atoms with E-state index in [1.807, 2.05) is 12.1 Å². The number of carboxylic acid groups (broad SMARTS) is 1.